The van der Waals surface area contributed by atoms with E-state index in [1.165, 1.54) is 6.42 Å². The minimum Gasteiger partial charge on any atom is -0.396 e. The van der Waals surface area contributed by atoms with Gasteiger partial charge in [-0.25, -0.2) is 0 Å². The van der Waals surface area contributed by atoms with Crippen molar-refractivity contribution in [2.24, 2.45) is 5.41 Å². The molecule has 1 aliphatic heterocycles. The molecule has 0 aromatic rings. The lowest BCUT2D eigenvalue weighted by Gasteiger charge is -2.40. The van der Waals surface area contributed by atoms with E-state index in [0.717, 1.165) is 44.6 Å². The number of hydrogen-bond donors (Lipinski definition) is 1. The fourth-order valence-electron chi connectivity index (χ4n) is 2.38. The molecule has 0 radical (unpaired) electrons. The van der Waals surface area contributed by atoms with E-state index >= 15 is 0 Å². The van der Waals surface area contributed by atoms with E-state index in [2.05, 4.69) is 17.9 Å². The van der Waals surface area contributed by atoms with Crippen LogP contribution in [0.15, 0.2) is 0 Å². The number of nitriles is 1. The molecule has 0 saturated carbocycles. The minimum atomic E-state index is 0.200. The molecule has 17 heavy (non-hydrogen) atoms. The van der Waals surface area contributed by atoms with E-state index in [4.69, 9.17) is 5.26 Å². The maximum absolute atomic E-state index is 9.45. The summed E-state index contributed by atoms with van der Waals surface area (Å²) in [4.78, 5) is 2.50. The molecule has 0 unspecified atom stereocenters. The molecule has 0 atom stereocenters. The average molecular weight is 256 g/mol. The summed E-state index contributed by atoms with van der Waals surface area (Å²) in [5.41, 5.74) is 0.200. The first kappa shape index (κ1) is 14.8. The molecule has 0 amide bonds. The standard InChI is InChI=1S/C13H24N2OS/c1-2-13(12-16)4-8-15(9-5-13)7-3-10-17-11-6-14/h16H,2-5,7-12H2,1H3. The Bertz CT molecular complexity index is 238. The molecule has 1 aliphatic rings. The van der Waals surface area contributed by atoms with E-state index in [1.807, 2.05) is 0 Å². The van der Waals surface area contributed by atoms with Crippen molar-refractivity contribution in [2.75, 3.05) is 37.7 Å². The van der Waals surface area contributed by atoms with Crippen LogP contribution >= 0.6 is 11.8 Å². The minimum absolute atomic E-state index is 0.200. The van der Waals surface area contributed by atoms with Gasteiger partial charge < -0.3 is 10.0 Å². The summed E-state index contributed by atoms with van der Waals surface area (Å²) in [5, 5.41) is 17.9. The lowest BCUT2D eigenvalue weighted by Crippen LogP contribution is -2.42. The van der Waals surface area contributed by atoms with E-state index < -0.39 is 0 Å². The SMILES string of the molecule is CCC1(CO)CCN(CCCSCC#N)CC1. The topological polar surface area (TPSA) is 47.3 Å². The molecule has 0 bridgehead atoms. The zero-order valence-electron chi connectivity index (χ0n) is 10.8. The van der Waals surface area contributed by atoms with E-state index in [9.17, 15) is 5.11 Å². The number of hydrogen-bond acceptors (Lipinski definition) is 4. The molecular formula is C13H24N2OS. The third-order valence-electron chi connectivity index (χ3n) is 3.93. The largest absolute Gasteiger partial charge is 0.396 e. The monoisotopic (exact) mass is 256 g/mol. The third-order valence-corrected chi connectivity index (χ3v) is 4.84. The van der Waals surface area contributed by atoms with Crippen LogP contribution in [0, 0.1) is 16.7 Å². The predicted molar refractivity (Wildman–Crippen MR) is 73.0 cm³/mol. The zero-order chi connectivity index (χ0) is 12.6. The van der Waals surface area contributed by atoms with Crippen molar-refractivity contribution in [3.8, 4) is 6.07 Å². The van der Waals surface area contributed by atoms with Crippen LogP contribution in [0.1, 0.15) is 32.6 Å². The van der Waals surface area contributed by atoms with Gasteiger partial charge in [-0.1, -0.05) is 6.92 Å². The summed E-state index contributed by atoms with van der Waals surface area (Å²) in [6, 6.07) is 2.15. The van der Waals surface area contributed by atoms with Gasteiger partial charge in [0, 0.05) is 6.61 Å². The summed E-state index contributed by atoms with van der Waals surface area (Å²) in [7, 11) is 0. The van der Waals surface area contributed by atoms with Crippen molar-refractivity contribution in [3.63, 3.8) is 0 Å². The van der Waals surface area contributed by atoms with Gasteiger partial charge in [-0.3, -0.25) is 0 Å². The molecule has 0 aromatic carbocycles. The Labute approximate surface area is 109 Å². The molecule has 3 nitrogen and oxygen atoms in total. The highest BCUT2D eigenvalue weighted by atomic mass is 32.2. The van der Waals surface area contributed by atoms with Crippen LogP contribution < -0.4 is 0 Å². The Morgan fingerprint density at radius 1 is 1.41 bits per heavy atom. The first-order valence-corrected chi connectivity index (χ1v) is 7.70. The van der Waals surface area contributed by atoms with E-state index in [0.29, 0.717) is 12.4 Å². The zero-order valence-corrected chi connectivity index (χ0v) is 11.6. The number of nitrogens with zero attached hydrogens (tertiary/aromatic N) is 2. The third kappa shape index (κ3) is 4.87. The Kier molecular flexibility index (Phi) is 6.94. The van der Waals surface area contributed by atoms with Gasteiger partial charge >= 0.3 is 0 Å². The van der Waals surface area contributed by atoms with Crippen molar-refractivity contribution >= 4 is 11.8 Å². The summed E-state index contributed by atoms with van der Waals surface area (Å²) in [6.45, 7) is 5.91. The Morgan fingerprint density at radius 2 is 2.12 bits per heavy atom. The van der Waals surface area contributed by atoms with Gasteiger partial charge in [0.25, 0.3) is 0 Å². The maximum atomic E-state index is 9.45. The molecule has 98 valence electrons. The summed E-state index contributed by atoms with van der Waals surface area (Å²) in [5.74, 6) is 1.70. The summed E-state index contributed by atoms with van der Waals surface area (Å²) >= 11 is 1.72. The molecular weight excluding hydrogens is 232 g/mol. The van der Waals surface area contributed by atoms with Gasteiger partial charge in [0.2, 0.25) is 0 Å². The van der Waals surface area contributed by atoms with Gasteiger partial charge in [0.05, 0.1) is 11.8 Å². The highest BCUT2D eigenvalue weighted by Crippen LogP contribution is 2.34. The number of likely N-dealkylation sites (tertiary alicyclic amines) is 1. The van der Waals surface area contributed by atoms with Crippen molar-refractivity contribution < 1.29 is 5.11 Å². The normalized spacial score (nSPS) is 20.1. The smallest absolute Gasteiger partial charge is 0.0808 e. The van der Waals surface area contributed by atoms with Crippen LogP contribution in [0.25, 0.3) is 0 Å². The van der Waals surface area contributed by atoms with Crippen LogP contribution in [-0.2, 0) is 0 Å². The van der Waals surface area contributed by atoms with Crippen LogP contribution in [0.5, 0.6) is 0 Å². The highest BCUT2D eigenvalue weighted by Gasteiger charge is 2.31. The molecule has 0 spiro atoms. The van der Waals surface area contributed by atoms with E-state index in [1.54, 1.807) is 11.8 Å². The molecule has 0 aliphatic carbocycles. The molecule has 4 heteroatoms. The summed E-state index contributed by atoms with van der Waals surface area (Å²) in [6.07, 6.45) is 4.52. The fourth-order valence-corrected chi connectivity index (χ4v) is 2.95. The average Bonchev–Trinajstić information content (AvgIpc) is 2.39. The lowest BCUT2D eigenvalue weighted by atomic mass is 9.77. The number of aliphatic hydroxyl groups excluding tert-OH is 1. The molecule has 1 heterocycles. The first-order valence-electron chi connectivity index (χ1n) is 6.54. The first-order chi connectivity index (χ1) is 8.26. The highest BCUT2D eigenvalue weighted by molar-refractivity contribution is 7.99. The fraction of sp³-hybridized carbons (Fsp3) is 0.923. The number of aliphatic hydroxyl groups is 1. The van der Waals surface area contributed by atoms with Gasteiger partial charge in [-0.15, -0.1) is 11.8 Å². The Balaban J connectivity index is 2.13. The molecule has 1 rings (SSSR count). The second kappa shape index (κ2) is 7.97. The van der Waals surface area contributed by atoms with Gasteiger partial charge in [-0.2, -0.15) is 5.26 Å². The molecule has 0 aromatic heterocycles. The number of piperidine rings is 1. The van der Waals surface area contributed by atoms with Crippen LogP contribution in [0.3, 0.4) is 0 Å². The van der Waals surface area contributed by atoms with Crippen LogP contribution in [-0.4, -0.2) is 47.8 Å². The van der Waals surface area contributed by atoms with Gasteiger partial charge in [-0.05, 0) is 56.5 Å². The van der Waals surface area contributed by atoms with Gasteiger partial charge in [0.1, 0.15) is 0 Å². The second-order valence-corrected chi connectivity index (χ2v) is 6.02. The molecule has 1 N–H and O–H groups in total. The Morgan fingerprint density at radius 3 is 2.65 bits per heavy atom. The lowest BCUT2D eigenvalue weighted by molar-refractivity contribution is 0.0411. The van der Waals surface area contributed by atoms with Crippen molar-refractivity contribution in [2.45, 2.75) is 32.6 Å². The van der Waals surface area contributed by atoms with Gasteiger partial charge in [0.15, 0.2) is 0 Å². The van der Waals surface area contributed by atoms with E-state index in [-0.39, 0.29) is 5.41 Å². The predicted octanol–water partition coefficient (Wildman–Crippen LogP) is 2.12. The quantitative estimate of drug-likeness (QED) is 0.709. The van der Waals surface area contributed by atoms with Crippen molar-refractivity contribution in [1.29, 1.82) is 5.26 Å². The maximum Gasteiger partial charge on any atom is 0.0808 e. The van der Waals surface area contributed by atoms with Crippen molar-refractivity contribution in [1.82, 2.24) is 4.90 Å². The van der Waals surface area contributed by atoms with Crippen molar-refractivity contribution in [3.05, 3.63) is 0 Å². The Hall–Kier alpha value is -0.240. The second-order valence-electron chi connectivity index (χ2n) is 4.92. The number of thioether (sulfide) groups is 1. The number of rotatable bonds is 7. The molecule has 1 fully saturated rings. The van der Waals surface area contributed by atoms with Crippen LogP contribution in [0.4, 0.5) is 0 Å². The summed E-state index contributed by atoms with van der Waals surface area (Å²) < 4.78 is 0. The molecule has 1 saturated heterocycles. The van der Waals surface area contributed by atoms with Crippen LogP contribution in [0.2, 0.25) is 0 Å².